The number of piperazine rings is 1. The lowest BCUT2D eigenvalue weighted by Crippen LogP contribution is -2.50. The molecule has 3 rings (SSSR count). The Balaban J connectivity index is 1.61. The van der Waals surface area contributed by atoms with Crippen molar-refractivity contribution in [2.45, 2.75) is 18.7 Å². The van der Waals surface area contributed by atoms with Gasteiger partial charge in [-0.1, -0.05) is 18.2 Å². The first-order chi connectivity index (χ1) is 12.1. The number of nitrogens with one attached hydrogen (secondary N) is 1. The van der Waals surface area contributed by atoms with Crippen molar-refractivity contribution in [3.63, 3.8) is 0 Å². The molecule has 0 saturated carbocycles. The van der Waals surface area contributed by atoms with E-state index in [9.17, 15) is 4.79 Å². The normalized spacial score (nSPS) is 14.5. The van der Waals surface area contributed by atoms with E-state index in [1.807, 2.05) is 30.9 Å². The van der Waals surface area contributed by atoms with Crippen molar-refractivity contribution >= 4 is 29.2 Å². The highest BCUT2D eigenvalue weighted by molar-refractivity contribution is 7.98. The number of amides is 2. The van der Waals surface area contributed by atoms with Gasteiger partial charge in [-0.25, -0.2) is 4.79 Å². The van der Waals surface area contributed by atoms with Gasteiger partial charge >= 0.3 is 6.03 Å². The number of urea groups is 1. The molecule has 0 aliphatic carbocycles. The highest BCUT2D eigenvalue weighted by Gasteiger charge is 2.22. The Hall–Kier alpha value is -2.14. The van der Waals surface area contributed by atoms with Crippen molar-refractivity contribution in [1.82, 2.24) is 4.90 Å². The monoisotopic (exact) mass is 355 g/mol. The molecule has 1 aliphatic heterocycles. The molecule has 4 nitrogen and oxygen atoms in total. The fraction of sp³-hybridized carbons (Fsp3) is 0.350. The van der Waals surface area contributed by atoms with E-state index in [0.717, 1.165) is 43.0 Å². The Morgan fingerprint density at radius 3 is 2.28 bits per heavy atom. The Morgan fingerprint density at radius 1 is 1.00 bits per heavy atom. The van der Waals surface area contributed by atoms with Crippen LogP contribution >= 0.6 is 11.8 Å². The maximum Gasteiger partial charge on any atom is 0.321 e. The van der Waals surface area contributed by atoms with Crippen LogP contribution in [0.2, 0.25) is 0 Å². The number of hydrogen-bond donors (Lipinski definition) is 1. The number of thioether (sulfide) groups is 1. The van der Waals surface area contributed by atoms with Gasteiger partial charge in [0.1, 0.15) is 0 Å². The standard InChI is InChI=1S/C20H25N3OS/c1-15-12-16(2)14-17(13-15)21-20(24)23-10-8-22(9-11-23)18-6-4-5-7-19(18)25-3/h4-7,12-14H,8-11H2,1-3H3,(H,21,24). The third-order valence-corrected chi connectivity index (χ3v) is 5.25. The Bertz CT molecular complexity index is 734. The molecule has 1 aliphatic rings. The summed E-state index contributed by atoms with van der Waals surface area (Å²) in [6, 6.07) is 14.6. The van der Waals surface area contributed by atoms with Crippen LogP contribution in [0.15, 0.2) is 47.4 Å². The van der Waals surface area contributed by atoms with E-state index in [-0.39, 0.29) is 6.03 Å². The van der Waals surface area contributed by atoms with Crippen LogP contribution in [-0.4, -0.2) is 43.4 Å². The summed E-state index contributed by atoms with van der Waals surface area (Å²) in [5.41, 5.74) is 4.46. The summed E-state index contributed by atoms with van der Waals surface area (Å²) in [4.78, 5) is 18.1. The second-order valence-corrected chi connectivity index (χ2v) is 7.30. The molecule has 2 aromatic rings. The molecule has 0 aromatic heterocycles. The largest absolute Gasteiger partial charge is 0.367 e. The fourth-order valence-electron chi connectivity index (χ4n) is 3.29. The molecule has 132 valence electrons. The number of carbonyl (C=O) groups is 1. The van der Waals surface area contributed by atoms with Gasteiger partial charge in [-0.2, -0.15) is 0 Å². The minimum absolute atomic E-state index is 0.0113. The van der Waals surface area contributed by atoms with Crippen molar-refractivity contribution < 1.29 is 4.79 Å². The van der Waals surface area contributed by atoms with E-state index in [1.54, 1.807) is 11.8 Å². The highest BCUT2D eigenvalue weighted by Crippen LogP contribution is 2.29. The van der Waals surface area contributed by atoms with Crippen molar-refractivity contribution in [2.24, 2.45) is 0 Å². The average Bonchev–Trinajstić information content (AvgIpc) is 2.61. The summed E-state index contributed by atoms with van der Waals surface area (Å²) >= 11 is 1.77. The number of hydrogen-bond acceptors (Lipinski definition) is 3. The molecule has 0 radical (unpaired) electrons. The van der Waals surface area contributed by atoms with Crippen molar-refractivity contribution in [2.75, 3.05) is 42.7 Å². The van der Waals surface area contributed by atoms with E-state index in [2.05, 4.69) is 46.8 Å². The lowest BCUT2D eigenvalue weighted by atomic mass is 10.1. The molecule has 0 bridgehead atoms. The van der Waals surface area contributed by atoms with Gasteiger partial charge < -0.3 is 15.1 Å². The first kappa shape index (κ1) is 17.7. The maximum absolute atomic E-state index is 12.5. The van der Waals surface area contributed by atoms with E-state index in [0.29, 0.717) is 0 Å². The second kappa shape index (κ2) is 7.83. The van der Waals surface area contributed by atoms with Gasteiger partial charge in [0.05, 0.1) is 5.69 Å². The quantitative estimate of drug-likeness (QED) is 0.830. The Morgan fingerprint density at radius 2 is 1.64 bits per heavy atom. The van der Waals surface area contributed by atoms with Crippen LogP contribution in [0.5, 0.6) is 0 Å². The van der Waals surface area contributed by atoms with Crippen molar-refractivity contribution in [3.8, 4) is 0 Å². The second-order valence-electron chi connectivity index (χ2n) is 6.45. The highest BCUT2D eigenvalue weighted by atomic mass is 32.2. The van der Waals surface area contributed by atoms with Crippen LogP contribution in [0.3, 0.4) is 0 Å². The van der Waals surface area contributed by atoms with E-state index >= 15 is 0 Å². The van der Waals surface area contributed by atoms with Crippen molar-refractivity contribution in [1.29, 1.82) is 0 Å². The molecule has 1 saturated heterocycles. The Kier molecular flexibility index (Phi) is 5.53. The molecule has 2 amide bonds. The SMILES string of the molecule is CSc1ccccc1N1CCN(C(=O)Nc2cc(C)cc(C)c2)CC1. The van der Waals surface area contributed by atoms with Crippen LogP contribution in [0.25, 0.3) is 0 Å². The fourth-order valence-corrected chi connectivity index (χ4v) is 3.91. The Labute approximate surface area is 154 Å². The molecule has 1 fully saturated rings. The lowest BCUT2D eigenvalue weighted by molar-refractivity contribution is 0.208. The molecule has 0 spiro atoms. The lowest BCUT2D eigenvalue weighted by Gasteiger charge is -2.36. The van der Waals surface area contributed by atoms with Gasteiger partial charge in [0, 0.05) is 36.8 Å². The van der Waals surface area contributed by atoms with E-state index < -0.39 is 0 Å². The van der Waals surface area contributed by atoms with Crippen molar-refractivity contribution in [3.05, 3.63) is 53.6 Å². The predicted octanol–water partition coefficient (Wildman–Crippen LogP) is 4.38. The van der Waals surface area contributed by atoms with Gasteiger partial charge in [-0.3, -0.25) is 0 Å². The number of nitrogens with zero attached hydrogens (tertiary/aromatic N) is 2. The van der Waals surface area contributed by atoms with Crippen LogP contribution in [0.1, 0.15) is 11.1 Å². The number of carbonyl (C=O) groups excluding carboxylic acids is 1. The van der Waals surface area contributed by atoms with E-state index in [1.165, 1.54) is 10.6 Å². The summed E-state index contributed by atoms with van der Waals surface area (Å²) in [5, 5.41) is 3.03. The smallest absolute Gasteiger partial charge is 0.321 e. The van der Waals surface area contributed by atoms with Gasteiger partial charge in [-0.05, 0) is 55.5 Å². The first-order valence-electron chi connectivity index (χ1n) is 8.59. The van der Waals surface area contributed by atoms with Gasteiger partial charge in [0.25, 0.3) is 0 Å². The average molecular weight is 356 g/mol. The molecule has 2 aromatic carbocycles. The molecular weight excluding hydrogens is 330 g/mol. The molecule has 1 N–H and O–H groups in total. The van der Waals surface area contributed by atoms with Crippen LogP contribution in [0, 0.1) is 13.8 Å². The number of anilines is 2. The third-order valence-electron chi connectivity index (χ3n) is 4.47. The summed E-state index contributed by atoms with van der Waals surface area (Å²) < 4.78 is 0. The first-order valence-corrected chi connectivity index (χ1v) is 9.81. The minimum atomic E-state index is -0.0113. The summed E-state index contributed by atoms with van der Waals surface area (Å²) in [6.07, 6.45) is 2.10. The molecule has 5 heteroatoms. The topological polar surface area (TPSA) is 35.6 Å². The molecule has 0 unspecified atom stereocenters. The zero-order chi connectivity index (χ0) is 17.8. The molecular formula is C20H25N3OS. The summed E-state index contributed by atoms with van der Waals surface area (Å²) in [7, 11) is 0. The number of aryl methyl sites for hydroxylation is 2. The van der Waals surface area contributed by atoms with E-state index in [4.69, 9.17) is 0 Å². The zero-order valence-electron chi connectivity index (χ0n) is 15.1. The predicted molar refractivity (Wildman–Crippen MR) is 107 cm³/mol. The van der Waals surface area contributed by atoms with Gasteiger partial charge in [-0.15, -0.1) is 11.8 Å². The van der Waals surface area contributed by atoms with Crippen LogP contribution < -0.4 is 10.2 Å². The molecule has 0 atom stereocenters. The zero-order valence-corrected chi connectivity index (χ0v) is 15.9. The summed E-state index contributed by atoms with van der Waals surface area (Å²) in [6.45, 7) is 7.28. The van der Waals surface area contributed by atoms with Gasteiger partial charge in [0.2, 0.25) is 0 Å². The van der Waals surface area contributed by atoms with Crippen LogP contribution in [0.4, 0.5) is 16.2 Å². The summed E-state index contributed by atoms with van der Waals surface area (Å²) in [5.74, 6) is 0. The molecule has 25 heavy (non-hydrogen) atoms. The van der Waals surface area contributed by atoms with Gasteiger partial charge in [0.15, 0.2) is 0 Å². The minimum Gasteiger partial charge on any atom is -0.367 e. The maximum atomic E-state index is 12.5. The third kappa shape index (κ3) is 4.28. The van der Waals surface area contributed by atoms with Crippen LogP contribution in [-0.2, 0) is 0 Å². The molecule has 1 heterocycles. The number of rotatable bonds is 3. The number of para-hydroxylation sites is 1. The number of benzene rings is 2.